The smallest absolute Gasteiger partial charge is 0.412 e. The second-order valence-electron chi connectivity index (χ2n) is 7.42. The van der Waals surface area contributed by atoms with E-state index in [1.54, 1.807) is 45.0 Å². The van der Waals surface area contributed by atoms with Gasteiger partial charge in [-0.15, -0.1) is 11.8 Å². The highest BCUT2D eigenvalue weighted by Gasteiger charge is 2.23. The van der Waals surface area contributed by atoms with Crippen LogP contribution in [0, 0.1) is 0 Å². The molecule has 1 aromatic carbocycles. The minimum atomic E-state index is -0.579. The molecule has 0 atom stereocenters. The van der Waals surface area contributed by atoms with Crippen LogP contribution in [0.3, 0.4) is 0 Å². The van der Waals surface area contributed by atoms with Crippen LogP contribution in [0.2, 0.25) is 0 Å². The van der Waals surface area contributed by atoms with Crippen molar-refractivity contribution in [3.8, 4) is 0 Å². The molecule has 0 spiro atoms. The van der Waals surface area contributed by atoms with Gasteiger partial charge >= 0.3 is 6.09 Å². The summed E-state index contributed by atoms with van der Waals surface area (Å²) in [6.45, 7) is 9.11. The Labute approximate surface area is 158 Å². The number of Topliss-reactive ketones (excluding diaryl/α,β-unsaturated/α-hetero) is 1. The highest BCUT2D eigenvalue weighted by Crippen LogP contribution is 2.28. The SMILES string of the molecule is CC(C)(C)OC(=O)Nc1ccc(C(=O)CSC(C)(C)CC(=O)NN)cc1. The van der Waals surface area contributed by atoms with Crippen LogP contribution in [-0.4, -0.2) is 33.9 Å². The average Bonchev–Trinajstić information content (AvgIpc) is 2.51. The zero-order valence-electron chi connectivity index (χ0n) is 15.8. The number of ketones is 1. The molecule has 0 unspecified atom stereocenters. The van der Waals surface area contributed by atoms with E-state index in [0.29, 0.717) is 11.3 Å². The fourth-order valence-electron chi connectivity index (χ4n) is 1.99. The molecular formula is C18H27N3O4S. The maximum atomic E-state index is 12.3. The van der Waals surface area contributed by atoms with E-state index < -0.39 is 16.4 Å². The van der Waals surface area contributed by atoms with E-state index >= 15 is 0 Å². The molecule has 144 valence electrons. The number of ether oxygens (including phenoxy) is 1. The van der Waals surface area contributed by atoms with Gasteiger partial charge in [-0.2, -0.15) is 0 Å². The number of carbonyl (C=O) groups excluding carboxylic acids is 3. The van der Waals surface area contributed by atoms with Crippen LogP contribution < -0.4 is 16.6 Å². The number of hydrogen-bond acceptors (Lipinski definition) is 6. The van der Waals surface area contributed by atoms with Crippen LogP contribution in [0.15, 0.2) is 24.3 Å². The first-order chi connectivity index (χ1) is 11.9. The summed E-state index contributed by atoms with van der Waals surface area (Å²) in [5, 5.41) is 2.61. The molecular weight excluding hydrogens is 354 g/mol. The van der Waals surface area contributed by atoms with Gasteiger partial charge in [0, 0.05) is 22.4 Å². The third-order valence-electron chi connectivity index (χ3n) is 3.19. The van der Waals surface area contributed by atoms with Crippen molar-refractivity contribution >= 4 is 35.2 Å². The Morgan fingerprint density at radius 2 is 1.65 bits per heavy atom. The molecule has 1 rings (SSSR count). The van der Waals surface area contributed by atoms with E-state index in [1.807, 2.05) is 13.8 Å². The summed E-state index contributed by atoms with van der Waals surface area (Å²) in [6.07, 6.45) is -0.327. The minimum absolute atomic E-state index is 0.0555. The molecule has 0 saturated heterocycles. The van der Waals surface area contributed by atoms with Gasteiger partial charge in [0.05, 0.1) is 5.75 Å². The van der Waals surface area contributed by atoms with E-state index in [0.717, 1.165) is 0 Å². The number of nitrogens with one attached hydrogen (secondary N) is 2. The van der Waals surface area contributed by atoms with E-state index in [1.165, 1.54) is 11.8 Å². The van der Waals surface area contributed by atoms with Gasteiger partial charge in [-0.3, -0.25) is 20.3 Å². The van der Waals surface area contributed by atoms with E-state index in [2.05, 4.69) is 10.7 Å². The summed E-state index contributed by atoms with van der Waals surface area (Å²) in [4.78, 5) is 35.4. The molecule has 1 aromatic rings. The predicted octanol–water partition coefficient (Wildman–Crippen LogP) is 3.11. The number of hydrazine groups is 1. The Balaban J connectivity index is 2.58. The summed E-state index contributed by atoms with van der Waals surface area (Å²) in [6, 6.07) is 6.59. The largest absolute Gasteiger partial charge is 0.444 e. The lowest BCUT2D eigenvalue weighted by atomic mass is 10.1. The predicted molar refractivity (Wildman–Crippen MR) is 104 cm³/mol. The molecule has 0 aliphatic carbocycles. The molecule has 4 N–H and O–H groups in total. The molecule has 0 heterocycles. The number of nitrogens with two attached hydrogens (primary N) is 1. The summed E-state index contributed by atoms with van der Waals surface area (Å²) in [5.41, 5.74) is 2.59. The second kappa shape index (κ2) is 9.05. The number of rotatable bonds is 7. The van der Waals surface area contributed by atoms with Gasteiger partial charge in [-0.1, -0.05) is 13.8 Å². The Morgan fingerprint density at radius 3 is 2.15 bits per heavy atom. The van der Waals surface area contributed by atoms with Crippen molar-refractivity contribution in [3.05, 3.63) is 29.8 Å². The molecule has 0 radical (unpaired) electrons. The third-order valence-corrected chi connectivity index (χ3v) is 4.53. The lowest BCUT2D eigenvalue weighted by molar-refractivity contribution is -0.121. The highest BCUT2D eigenvalue weighted by atomic mass is 32.2. The first-order valence-corrected chi connectivity index (χ1v) is 9.17. The minimum Gasteiger partial charge on any atom is -0.444 e. The van der Waals surface area contributed by atoms with Crippen LogP contribution >= 0.6 is 11.8 Å². The molecule has 2 amide bonds. The topological polar surface area (TPSA) is 111 Å². The second-order valence-corrected chi connectivity index (χ2v) is 9.10. The van der Waals surface area contributed by atoms with Crippen molar-refractivity contribution < 1.29 is 19.1 Å². The van der Waals surface area contributed by atoms with Gasteiger partial charge in [0.2, 0.25) is 5.91 Å². The van der Waals surface area contributed by atoms with Gasteiger partial charge in [-0.25, -0.2) is 10.6 Å². The van der Waals surface area contributed by atoms with Crippen molar-refractivity contribution in [1.82, 2.24) is 5.43 Å². The average molecular weight is 381 g/mol. The van der Waals surface area contributed by atoms with Gasteiger partial charge in [0.25, 0.3) is 0 Å². The first-order valence-electron chi connectivity index (χ1n) is 8.18. The number of thioether (sulfide) groups is 1. The number of anilines is 1. The van der Waals surface area contributed by atoms with Crippen LogP contribution in [-0.2, 0) is 9.53 Å². The summed E-state index contributed by atoms with van der Waals surface area (Å²) < 4.78 is 4.77. The van der Waals surface area contributed by atoms with Crippen LogP contribution in [0.1, 0.15) is 51.4 Å². The van der Waals surface area contributed by atoms with Crippen LogP contribution in [0.25, 0.3) is 0 Å². The summed E-state index contributed by atoms with van der Waals surface area (Å²) >= 11 is 1.39. The van der Waals surface area contributed by atoms with E-state index in [-0.39, 0.29) is 23.9 Å². The molecule has 26 heavy (non-hydrogen) atoms. The fraction of sp³-hybridized carbons (Fsp3) is 0.500. The van der Waals surface area contributed by atoms with Crippen molar-refractivity contribution in [3.63, 3.8) is 0 Å². The summed E-state index contributed by atoms with van der Waals surface area (Å²) in [5.74, 6) is 5.01. The molecule has 0 aliphatic rings. The van der Waals surface area contributed by atoms with Gasteiger partial charge in [0.1, 0.15) is 5.60 Å². The Hall–Kier alpha value is -2.06. The number of benzene rings is 1. The number of amides is 2. The molecule has 0 bridgehead atoms. The van der Waals surface area contributed by atoms with Crippen molar-refractivity contribution in [2.75, 3.05) is 11.1 Å². The quantitative estimate of drug-likeness (QED) is 0.290. The zero-order valence-corrected chi connectivity index (χ0v) is 16.7. The molecule has 0 aliphatic heterocycles. The molecule has 0 aromatic heterocycles. The maximum absolute atomic E-state index is 12.3. The fourth-order valence-corrected chi connectivity index (χ4v) is 2.92. The third kappa shape index (κ3) is 8.35. The van der Waals surface area contributed by atoms with E-state index in [9.17, 15) is 14.4 Å². The normalized spacial score (nSPS) is 11.6. The van der Waals surface area contributed by atoms with Crippen LogP contribution in [0.5, 0.6) is 0 Å². The number of hydrogen-bond donors (Lipinski definition) is 3. The lowest BCUT2D eigenvalue weighted by Gasteiger charge is -2.22. The number of carbonyl (C=O) groups is 3. The van der Waals surface area contributed by atoms with Gasteiger partial charge in [-0.05, 0) is 45.0 Å². The monoisotopic (exact) mass is 381 g/mol. The molecule has 0 saturated carbocycles. The molecule has 0 fully saturated rings. The van der Waals surface area contributed by atoms with Crippen molar-refractivity contribution in [2.24, 2.45) is 5.84 Å². The standard InChI is InChI=1S/C18H27N3O4S/c1-17(2,3)25-16(24)20-13-8-6-12(7-9-13)14(22)11-26-18(4,5)10-15(23)21-19/h6-9H,10-11,19H2,1-5H3,(H,20,24)(H,21,23). The molecule has 7 nitrogen and oxygen atoms in total. The maximum Gasteiger partial charge on any atom is 0.412 e. The molecule has 8 heteroatoms. The Bertz CT molecular complexity index is 651. The Morgan fingerprint density at radius 1 is 1.08 bits per heavy atom. The van der Waals surface area contributed by atoms with E-state index in [4.69, 9.17) is 10.6 Å². The van der Waals surface area contributed by atoms with Crippen molar-refractivity contribution in [2.45, 2.75) is 51.4 Å². The van der Waals surface area contributed by atoms with Gasteiger partial charge < -0.3 is 4.74 Å². The lowest BCUT2D eigenvalue weighted by Crippen LogP contribution is -2.35. The summed E-state index contributed by atoms with van der Waals surface area (Å²) in [7, 11) is 0. The van der Waals surface area contributed by atoms with Crippen molar-refractivity contribution in [1.29, 1.82) is 0 Å². The zero-order chi connectivity index (χ0) is 20.0. The Kier molecular flexibility index (Phi) is 7.65. The first kappa shape index (κ1) is 22.0. The van der Waals surface area contributed by atoms with Gasteiger partial charge in [0.15, 0.2) is 5.78 Å². The van der Waals surface area contributed by atoms with Crippen LogP contribution in [0.4, 0.5) is 10.5 Å². The highest BCUT2D eigenvalue weighted by molar-refractivity contribution is 8.01.